The van der Waals surface area contributed by atoms with E-state index in [0.717, 1.165) is 32.1 Å². The van der Waals surface area contributed by atoms with Crippen LogP contribution in [0.2, 0.25) is 0 Å². The topological polar surface area (TPSA) is 17.1 Å². The van der Waals surface area contributed by atoms with Gasteiger partial charge in [-0.2, -0.15) is 0 Å². The second-order valence-electron chi connectivity index (χ2n) is 5.81. The average molecular weight is 262 g/mol. The SMILES string of the molecule is CCC(C)C(=O)C1CCC(c2ccc(F)cc2)CC1. The van der Waals surface area contributed by atoms with Crippen LogP contribution in [0.15, 0.2) is 24.3 Å². The predicted octanol–water partition coefficient (Wildman–Crippen LogP) is 4.71. The molecular formula is C17H23FO. The monoisotopic (exact) mass is 262 g/mol. The van der Waals surface area contributed by atoms with Crippen LogP contribution in [0, 0.1) is 17.7 Å². The van der Waals surface area contributed by atoms with Gasteiger partial charge in [-0.25, -0.2) is 4.39 Å². The van der Waals surface area contributed by atoms with E-state index in [9.17, 15) is 9.18 Å². The lowest BCUT2D eigenvalue weighted by Crippen LogP contribution is -2.25. The molecule has 0 radical (unpaired) electrons. The summed E-state index contributed by atoms with van der Waals surface area (Å²) in [5, 5.41) is 0. The van der Waals surface area contributed by atoms with E-state index in [0.29, 0.717) is 11.7 Å². The molecule has 2 rings (SSSR count). The van der Waals surface area contributed by atoms with Crippen molar-refractivity contribution in [1.29, 1.82) is 0 Å². The predicted molar refractivity (Wildman–Crippen MR) is 75.6 cm³/mol. The fourth-order valence-electron chi connectivity index (χ4n) is 3.05. The van der Waals surface area contributed by atoms with Crippen LogP contribution >= 0.6 is 0 Å². The number of ketones is 1. The Hall–Kier alpha value is -1.18. The van der Waals surface area contributed by atoms with Gasteiger partial charge in [0.1, 0.15) is 11.6 Å². The highest BCUT2D eigenvalue weighted by molar-refractivity contribution is 5.83. The molecular weight excluding hydrogens is 239 g/mol. The number of carbonyl (C=O) groups excluding carboxylic acids is 1. The van der Waals surface area contributed by atoms with Gasteiger partial charge in [0.2, 0.25) is 0 Å². The Morgan fingerprint density at radius 2 is 1.79 bits per heavy atom. The lowest BCUT2D eigenvalue weighted by Gasteiger charge is -2.29. The molecule has 0 bridgehead atoms. The quantitative estimate of drug-likeness (QED) is 0.767. The van der Waals surface area contributed by atoms with Gasteiger partial charge in [-0.15, -0.1) is 0 Å². The normalized spacial score (nSPS) is 25.0. The van der Waals surface area contributed by atoms with Crippen LogP contribution in [0.25, 0.3) is 0 Å². The molecule has 1 saturated carbocycles. The first-order valence-corrected chi connectivity index (χ1v) is 7.41. The lowest BCUT2D eigenvalue weighted by atomic mass is 9.75. The van der Waals surface area contributed by atoms with E-state index in [2.05, 4.69) is 6.92 Å². The summed E-state index contributed by atoms with van der Waals surface area (Å²) in [6.45, 7) is 4.11. The molecule has 104 valence electrons. The zero-order valence-electron chi connectivity index (χ0n) is 11.9. The first-order valence-electron chi connectivity index (χ1n) is 7.41. The van der Waals surface area contributed by atoms with Crippen molar-refractivity contribution in [3.63, 3.8) is 0 Å². The van der Waals surface area contributed by atoms with Crippen LogP contribution < -0.4 is 0 Å². The van der Waals surface area contributed by atoms with Crippen LogP contribution in [-0.4, -0.2) is 5.78 Å². The summed E-state index contributed by atoms with van der Waals surface area (Å²) in [6, 6.07) is 6.84. The first-order chi connectivity index (χ1) is 9.11. The molecule has 0 spiro atoms. The minimum Gasteiger partial charge on any atom is -0.299 e. The Labute approximate surface area is 115 Å². The molecule has 19 heavy (non-hydrogen) atoms. The second kappa shape index (κ2) is 6.31. The molecule has 1 atom stereocenters. The van der Waals surface area contributed by atoms with E-state index in [-0.39, 0.29) is 17.7 Å². The Bertz CT molecular complexity index is 415. The highest BCUT2D eigenvalue weighted by Crippen LogP contribution is 2.37. The van der Waals surface area contributed by atoms with Crippen LogP contribution in [0.1, 0.15) is 57.4 Å². The summed E-state index contributed by atoms with van der Waals surface area (Å²) in [5.41, 5.74) is 1.22. The zero-order chi connectivity index (χ0) is 13.8. The number of Topliss-reactive ketones (excluding diaryl/α,β-unsaturated/α-hetero) is 1. The third-order valence-corrected chi connectivity index (χ3v) is 4.57. The minimum absolute atomic E-state index is 0.176. The van der Waals surface area contributed by atoms with Gasteiger partial charge in [0, 0.05) is 11.8 Å². The molecule has 1 fully saturated rings. The summed E-state index contributed by atoms with van der Waals surface area (Å²) in [4.78, 5) is 12.2. The van der Waals surface area contributed by atoms with E-state index < -0.39 is 0 Å². The summed E-state index contributed by atoms with van der Waals surface area (Å²) in [7, 11) is 0. The van der Waals surface area contributed by atoms with Crippen LogP contribution in [0.5, 0.6) is 0 Å². The van der Waals surface area contributed by atoms with E-state index in [4.69, 9.17) is 0 Å². The van der Waals surface area contributed by atoms with Crippen molar-refractivity contribution < 1.29 is 9.18 Å². The molecule has 0 N–H and O–H groups in total. The van der Waals surface area contributed by atoms with Crippen molar-refractivity contribution >= 4 is 5.78 Å². The number of hydrogen-bond donors (Lipinski definition) is 0. The molecule has 1 unspecified atom stereocenters. The molecule has 1 aliphatic rings. The van der Waals surface area contributed by atoms with Crippen molar-refractivity contribution in [3.8, 4) is 0 Å². The number of halogens is 1. The van der Waals surface area contributed by atoms with Crippen LogP contribution in [-0.2, 0) is 4.79 Å². The van der Waals surface area contributed by atoms with Gasteiger partial charge in [-0.05, 0) is 55.7 Å². The summed E-state index contributed by atoms with van der Waals surface area (Å²) < 4.78 is 12.9. The number of benzene rings is 1. The first kappa shape index (κ1) is 14.2. The number of carbonyl (C=O) groups is 1. The summed E-state index contributed by atoms with van der Waals surface area (Å²) >= 11 is 0. The maximum absolute atomic E-state index is 12.9. The van der Waals surface area contributed by atoms with Gasteiger partial charge in [0.25, 0.3) is 0 Å². The molecule has 0 amide bonds. The average Bonchev–Trinajstić information content (AvgIpc) is 2.46. The standard InChI is InChI=1S/C17H23FO/c1-3-12(2)17(19)15-6-4-13(5-7-15)14-8-10-16(18)11-9-14/h8-13,15H,3-7H2,1-2H3. The van der Waals surface area contributed by atoms with Gasteiger partial charge >= 0.3 is 0 Å². The maximum atomic E-state index is 12.9. The molecule has 2 heteroatoms. The summed E-state index contributed by atoms with van der Waals surface area (Å²) in [5.74, 6) is 1.23. The van der Waals surface area contributed by atoms with E-state index in [1.54, 1.807) is 0 Å². The van der Waals surface area contributed by atoms with Gasteiger partial charge in [-0.3, -0.25) is 4.79 Å². The molecule has 1 aliphatic carbocycles. The molecule has 1 aromatic carbocycles. The van der Waals surface area contributed by atoms with E-state index in [1.165, 1.54) is 17.7 Å². The fraction of sp³-hybridized carbons (Fsp3) is 0.588. The number of hydrogen-bond acceptors (Lipinski definition) is 1. The zero-order valence-corrected chi connectivity index (χ0v) is 11.9. The Balaban J connectivity index is 1.92. The lowest BCUT2D eigenvalue weighted by molar-refractivity contribution is -0.127. The molecule has 1 aromatic rings. The fourth-order valence-corrected chi connectivity index (χ4v) is 3.05. The van der Waals surface area contributed by atoms with Crippen molar-refractivity contribution in [2.24, 2.45) is 11.8 Å². The van der Waals surface area contributed by atoms with Crippen molar-refractivity contribution in [1.82, 2.24) is 0 Å². The Kier molecular flexibility index (Phi) is 4.73. The van der Waals surface area contributed by atoms with Gasteiger partial charge < -0.3 is 0 Å². The molecule has 0 heterocycles. The van der Waals surface area contributed by atoms with Crippen molar-refractivity contribution in [3.05, 3.63) is 35.6 Å². The summed E-state index contributed by atoms with van der Waals surface area (Å²) in [6.07, 6.45) is 5.03. The minimum atomic E-state index is -0.176. The third kappa shape index (κ3) is 3.43. The second-order valence-corrected chi connectivity index (χ2v) is 5.81. The van der Waals surface area contributed by atoms with E-state index >= 15 is 0 Å². The van der Waals surface area contributed by atoms with Crippen molar-refractivity contribution in [2.75, 3.05) is 0 Å². The molecule has 0 aliphatic heterocycles. The van der Waals surface area contributed by atoms with Crippen LogP contribution in [0.3, 0.4) is 0 Å². The molecule has 0 saturated heterocycles. The highest BCUT2D eigenvalue weighted by Gasteiger charge is 2.28. The Morgan fingerprint density at radius 3 is 2.32 bits per heavy atom. The highest BCUT2D eigenvalue weighted by atomic mass is 19.1. The number of rotatable bonds is 4. The van der Waals surface area contributed by atoms with Gasteiger partial charge in [0.05, 0.1) is 0 Å². The third-order valence-electron chi connectivity index (χ3n) is 4.57. The van der Waals surface area contributed by atoms with Crippen LogP contribution in [0.4, 0.5) is 4.39 Å². The Morgan fingerprint density at radius 1 is 1.21 bits per heavy atom. The molecule has 0 aromatic heterocycles. The smallest absolute Gasteiger partial charge is 0.138 e. The van der Waals surface area contributed by atoms with E-state index in [1.807, 2.05) is 19.1 Å². The maximum Gasteiger partial charge on any atom is 0.138 e. The molecule has 1 nitrogen and oxygen atoms in total. The van der Waals surface area contributed by atoms with Gasteiger partial charge in [0.15, 0.2) is 0 Å². The largest absolute Gasteiger partial charge is 0.299 e. The van der Waals surface area contributed by atoms with Crippen molar-refractivity contribution in [2.45, 2.75) is 51.9 Å². The van der Waals surface area contributed by atoms with Gasteiger partial charge in [-0.1, -0.05) is 26.0 Å².